The summed E-state index contributed by atoms with van der Waals surface area (Å²) >= 11 is 0. The van der Waals surface area contributed by atoms with Crippen molar-refractivity contribution in [2.24, 2.45) is 0 Å². The zero-order valence-corrected chi connectivity index (χ0v) is 9.97. The predicted molar refractivity (Wildman–Crippen MR) is 65.8 cm³/mol. The van der Waals surface area contributed by atoms with E-state index in [0.717, 1.165) is 0 Å². The third-order valence-corrected chi connectivity index (χ3v) is 2.58. The van der Waals surface area contributed by atoms with Gasteiger partial charge in [-0.25, -0.2) is 0 Å². The van der Waals surface area contributed by atoms with Crippen LogP contribution in [0, 0.1) is 0 Å². The van der Waals surface area contributed by atoms with Gasteiger partial charge in [-0.2, -0.15) is 0 Å². The number of carbonyl (C=O) groups excluding carboxylic acids is 1. The van der Waals surface area contributed by atoms with Crippen molar-refractivity contribution in [3.8, 4) is 0 Å². The molecule has 0 saturated heterocycles. The van der Waals surface area contributed by atoms with Crippen LogP contribution in [0.25, 0.3) is 0 Å². The number of nitrogens with one attached hydrogen (secondary N) is 1. The molecule has 0 saturated carbocycles. The topological polar surface area (TPSA) is 95.6 Å². The molecule has 5 heteroatoms. The number of aliphatic hydroxyl groups excluding tert-OH is 2. The number of aliphatic hydroxyl groups is 2. The summed E-state index contributed by atoms with van der Waals surface area (Å²) in [5.41, 5.74) is 6.86. The van der Waals surface area contributed by atoms with Crippen LogP contribution in [0.2, 0.25) is 0 Å². The number of nitrogens with two attached hydrogens (primary N) is 1. The number of hydrogen-bond acceptors (Lipinski definition) is 5. The van der Waals surface area contributed by atoms with Crippen LogP contribution in [0.4, 0.5) is 5.69 Å². The van der Waals surface area contributed by atoms with Crippen LogP contribution in [0.1, 0.15) is 28.9 Å². The maximum Gasteiger partial charge on any atom is 0.161 e. The molecule has 0 aliphatic rings. The fourth-order valence-electron chi connectivity index (χ4n) is 1.61. The van der Waals surface area contributed by atoms with Gasteiger partial charge < -0.3 is 21.3 Å². The van der Waals surface area contributed by atoms with Gasteiger partial charge in [-0.3, -0.25) is 4.79 Å². The number of ketones is 1. The summed E-state index contributed by atoms with van der Waals surface area (Å²) in [6, 6.07) is 4.67. The highest BCUT2D eigenvalue weighted by Crippen LogP contribution is 2.22. The van der Waals surface area contributed by atoms with Gasteiger partial charge in [-0.1, -0.05) is 6.07 Å². The number of benzene rings is 1. The first-order valence-corrected chi connectivity index (χ1v) is 5.38. The van der Waals surface area contributed by atoms with E-state index in [1.165, 1.54) is 13.0 Å². The molecule has 5 nitrogen and oxygen atoms in total. The largest absolute Gasteiger partial charge is 0.398 e. The molecular weight excluding hydrogens is 220 g/mol. The van der Waals surface area contributed by atoms with E-state index in [0.29, 0.717) is 16.8 Å². The fourth-order valence-corrected chi connectivity index (χ4v) is 1.61. The minimum absolute atomic E-state index is 0.167. The number of Topliss-reactive ketones (excluding diaryl/α,β-unsaturated/α-hetero) is 1. The molecule has 0 aliphatic heterocycles. The van der Waals surface area contributed by atoms with Gasteiger partial charge in [0.25, 0.3) is 0 Å². The van der Waals surface area contributed by atoms with Crippen molar-refractivity contribution in [2.45, 2.75) is 19.1 Å². The van der Waals surface area contributed by atoms with Crippen molar-refractivity contribution in [2.75, 3.05) is 19.3 Å². The Hall–Kier alpha value is -1.43. The number of anilines is 1. The van der Waals surface area contributed by atoms with Crippen LogP contribution >= 0.6 is 0 Å². The first-order valence-electron chi connectivity index (χ1n) is 5.38. The van der Waals surface area contributed by atoms with Gasteiger partial charge >= 0.3 is 0 Å². The Labute approximate surface area is 100 Å². The number of hydrogen-bond donors (Lipinski definition) is 4. The van der Waals surface area contributed by atoms with Gasteiger partial charge in [0, 0.05) is 17.8 Å². The van der Waals surface area contributed by atoms with Crippen LogP contribution < -0.4 is 11.1 Å². The SMILES string of the molecule is CNCC(O)C(O)c1ccc(N)c(C(C)=O)c1. The van der Waals surface area contributed by atoms with Crippen LogP contribution in [0.5, 0.6) is 0 Å². The van der Waals surface area contributed by atoms with Crippen molar-refractivity contribution in [3.63, 3.8) is 0 Å². The van der Waals surface area contributed by atoms with Gasteiger partial charge in [0.15, 0.2) is 5.78 Å². The second-order valence-corrected chi connectivity index (χ2v) is 3.97. The van der Waals surface area contributed by atoms with Crippen LogP contribution in [0.3, 0.4) is 0 Å². The second kappa shape index (κ2) is 5.77. The molecule has 17 heavy (non-hydrogen) atoms. The molecular formula is C12H18N2O3. The number of likely N-dealkylation sites (N-methyl/N-ethyl adjacent to an activating group) is 1. The summed E-state index contributed by atoms with van der Waals surface area (Å²) < 4.78 is 0. The lowest BCUT2D eigenvalue weighted by atomic mass is 9.99. The van der Waals surface area contributed by atoms with Gasteiger partial charge in [-0.05, 0) is 31.7 Å². The predicted octanol–water partition coefficient (Wildman–Crippen LogP) is 0.0851. The number of carbonyl (C=O) groups is 1. The molecule has 0 spiro atoms. The lowest BCUT2D eigenvalue weighted by molar-refractivity contribution is 0.0202. The minimum Gasteiger partial charge on any atom is -0.398 e. The molecule has 1 rings (SSSR count). The molecule has 94 valence electrons. The lowest BCUT2D eigenvalue weighted by Gasteiger charge is -2.18. The van der Waals surface area contributed by atoms with E-state index >= 15 is 0 Å². The van der Waals surface area contributed by atoms with Crippen molar-refractivity contribution < 1.29 is 15.0 Å². The summed E-state index contributed by atoms with van der Waals surface area (Å²) in [5, 5.41) is 22.3. The number of rotatable bonds is 5. The number of nitrogen functional groups attached to an aromatic ring is 1. The second-order valence-electron chi connectivity index (χ2n) is 3.97. The third kappa shape index (κ3) is 3.26. The summed E-state index contributed by atoms with van der Waals surface area (Å²) in [5.74, 6) is -0.167. The maximum atomic E-state index is 11.3. The normalized spacial score (nSPS) is 14.4. The van der Waals surface area contributed by atoms with Gasteiger partial charge in [0.2, 0.25) is 0 Å². The first kappa shape index (κ1) is 13.6. The van der Waals surface area contributed by atoms with Gasteiger partial charge in [-0.15, -0.1) is 0 Å². The maximum absolute atomic E-state index is 11.3. The van der Waals surface area contributed by atoms with E-state index in [2.05, 4.69) is 5.32 Å². The summed E-state index contributed by atoms with van der Waals surface area (Å²) in [7, 11) is 1.68. The summed E-state index contributed by atoms with van der Waals surface area (Å²) in [6.45, 7) is 1.67. The quantitative estimate of drug-likeness (QED) is 0.430. The van der Waals surface area contributed by atoms with Gasteiger partial charge in [0.1, 0.15) is 6.10 Å². The lowest BCUT2D eigenvalue weighted by Crippen LogP contribution is -2.29. The van der Waals surface area contributed by atoms with Crippen molar-refractivity contribution in [1.29, 1.82) is 0 Å². The molecule has 0 aromatic heterocycles. The van der Waals surface area contributed by atoms with Crippen LogP contribution in [-0.2, 0) is 0 Å². The Morgan fingerprint density at radius 3 is 2.65 bits per heavy atom. The molecule has 0 heterocycles. The summed E-state index contributed by atoms with van der Waals surface area (Å²) in [6.07, 6.45) is -1.97. The molecule has 1 aromatic rings. The highest BCUT2D eigenvalue weighted by atomic mass is 16.3. The molecule has 0 radical (unpaired) electrons. The highest BCUT2D eigenvalue weighted by Gasteiger charge is 2.19. The van der Waals surface area contributed by atoms with E-state index in [1.807, 2.05) is 0 Å². The Morgan fingerprint density at radius 1 is 1.47 bits per heavy atom. The van der Waals surface area contributed by atoms with Crippen molar-refractivity contribution in [3.05, 3.63) is 29.3 Å². The van der Waals surface area contributed by atoms with E-state index < -0.39 is 12.2 Å². The average molecular weight is 238 g/mol. The van der Waals surface area contributed by atoms with E-state index in [4.69, 9.17) is 5.73 Å². The van der Waals surface area contributed by atoms with Crippen LogP contribution in [-0.4, -0.2) is 35.7 Å². The smallest absolute Gasteiger partial charge is 0.161 e. The van der Waals surface area contributed by atoms with E-state index in [1.54, 1.807) is 19.2 Å². The zero-order chi connectivity index (χ0) is 13.0. The molecule has 0 amide bonds. The minimum atomic E-state index is -1.04. The van der Waals surface area contributed by atoms with E-state index in [-0.39, 0.29) is 12.3 Å². The third-order valence-electron chi connectivity index (χ3n) is 2.58. The standard InChI is InChI=1S/C12H18N2O3/c1-7(15)9-5-8(3-4-10(9)13)12(17)11(16)6-14-2/h3-5,11-12,14,16-17H,6,13H2,1-2H3. The molecule has 5 N–H and O–H groups in total. The molecule has 2 unspecified atom stereocenters. The van der Waals surface area contributed by atoms with Crippen molar-refractivity contribution in [1.82, 2.24) is 5.32 Å². The highest BCUT2D eigenvalue weighted by molar-refractivity contribution is 5.99. The molecule has 2 atom stereocenters. The van der Waals surface area contributed by atoms with E-state index in [9.17, 15) is 15.0 Å². The fraction of sp³-hybridized carbons (Fsp3) is 0.417. The summed E-state index contributed by atoms with van der Waals surface area (Å²) in [4.78, 5) is 11.3. The Kier molecular flexibility index (Phi) is 4.62. The Bertz CT molecular complexity index is 407. The molecule has 0 bridgehead atoms. The average Bonchev–Trinajstić information content (AvgIpc) is 2.28. The van der Waals surface area contributed by atoms with Crippen LogP contribution in [0.15, 0.2) is 18.2 Å². The molecule has 1 aromatic carbocycles. The van der Waals surface area contributed by atoms with Crippen molar-refractivity contribution >= 4 is 11.5 Å². The Morgan fingerprint density at radius 2 is 2.12 bits per heavy atom. The monoisotopic (exact) mass is 238 g/mol. The molecule has 0 fully saturated rings. The first-order chi connectivity index (χ1) is 7.97. The zero-order valence-electron chi connectivity index (χ0n) is 9.97. The Balaban J connectivity index is 2.99. The molecule has 0 aliphatic carbocycles. The van der Waals surface area contributed by atoms with Gasteiger partial charge in [0.05, 0.1) is 6.10 Å².